The number of nitrogens with one attached hydrogen (secondary N) is 1. The number of carbonyl (C=O) groups is 2. The quantitative estimate of drug-likeness (QED) is 0.742. The van der Waals surface area contributed by atoms with E-state index in [9.17, 15) is 9.59 Å². The van der Waals surface area contributed by atoms with Gasteiger partial charge in [0, 0.05) is 44.7 Å². The van der Waals surface area contributed by atoms with E-state index in [0.717, 1.165) is 19.3 Å². The third kappa shape index (κ3) is 2.91. The molecule has 0 aliphatic carbocycles. The first-order valence-electron chi connectivity index (χ1n) is 7.48. The molecule has 0 spiro atoms. The van der Waals surface area contributed by atoms with Crippen LogP contribution in [0.4, 0.5) is 0 Å². The smallest absolute Gasteiger partial charge is 0.222 e. The Morgan fingerprint density at radius 1 is 1.11 bits per heavy atom. The maximum Gasteiger partial charge on any atom is 0.222 e. The van der Waals surface area contributed by atoms with E-state index < -0.39 is 0 Å². The topological polar surface area (TPSA) is 52.7 Å². The van der Waals surface area contributed by atoms with E-state index in [1.807, 2.05) is 4.90 Å². The molecule has 0 radical (unpaired) electrons. The zero-order valence-electron chi connectivity index (χ0n) is 11.4. The lowest BCUT2D eigenvalue weighted by Crippen LogP contribution is -2.49. The van der Waals surface area contributed by atoms with Gasteiger partial charge in [0.15, 0.2) is 0 Å². The predicted molar refractivity (Wildman–Crippen MR) is 71.5 cm³/mol. The van der Waals surface area contributed by atoms with Gasteiger partial charge in [-0.3, -0.25) is 9.59 Å². The highest BCUT2D eigenvalue weighted by atomic mass is 16.2. The number of piperazine rings is 1. The fourth-order valence-corrected chi connectivity index (χ4v) is 3.79. The minimum Gasteiger partial charge on any atom is -0.342 e. The van der Waals surface area contributed by atoms with Crippen molar-refractivity contribution in [2.24, 2.45) is 5.92 Å². The van der Waals surface area contributed by atoms with E-state index in [4.69, 9.17) is 0 Å². The molecular formula is C14H23N3O2. The van der Waals surface area contributed by atoms with Gasteiger partial charge in [-0.05, 0) is 31.6 Å². The number of hydrogen-bond acceptors (Lipinski definition) is 3. The molecule has 3 saturated heterocycles. The van der Waals surface area contributed by atoms with Gasteiger partial charge in [0.2, 0.25) is 12.3 Å². The maximum atomic E-state index is 12.3. The summed E-state index contributed by atoms with van der Waals surface area (Å²) in [5.74, 6) is 0.854. The molecule has 0 aromatic heterocycles. The summed E-state index contributed by atoms with van der Waals surface area (Å²) in [4.78, 5) is 26.6. The van der Waals surface area contributed by atoms with Crippen LogP contribution < -0.4 is 5.32 Å². The van der Waals surface area contributed by atoms with Gasteiger partial charge in [0.25, 0.3) is 0 Å². The van der Waals surface area contributed by atoms with E-state index >= 15 is 0 Å². The van der Waals surface area contributed by atoms with Crippen LogP contribution in [0.25, 0.3) is 0 Å². The van der Waals surface area contributed by atoms with E-state index in [1.54, 1.807) is 4.90 Å². The molecule has 2 bridgehead atoms. The molecule has 2 atom stereocenters. The van der Waals surface area contributed by atoms with Gasteiger partial charge in [-0.15, -0.1) is 0 Å². The highest BCUT2D eigenvalue weighted by molar-refractivity contribution is 5.76. The van der Waals surface area contributed by atoms with Crippen LogP contribution in [0.15, 0.2) is 0 Å². The second-order valence-corrected chi connectivity index (χ2v) is 6.20. The summed E-state index contributed by atoms with van der Waals surface area (Å²) < 4.78 is 0. The lowest BCUT2D eigenvalue weighted by molar-refractivity contribution is -0.136. The van der Waals surface area contributed by atoms with Gasteiger partial charge in [0.05, 0.1) is 0 Å². The fraction of sp³-hybridized carbons (Fsp3) is 0.857. The zero-order valence-corrected chi connectivity index (χ0v) is 11.4. The number of amides is 2. The molecule has 0 saturated carbocycles. The molecule has 106 valence electrons. The van der Waals surface area contributed by atoms with Gasteiger partial charge < -0.3 is 15.1 Å². The molecule has 3 rings (SSSR count). The number of carbonyl (C=O) groups excluding carboxylic acids is 2. The van der Waals surface area contributed by atoms with E-state index in [0.29, 0.717) is 50.6 Å². The van der Waals surface area contributed by atoms with Crippen molar-refractivity contribution in [3.05, 3.63) is 0 Å². The van der Waals surface area contributed by atoms with E-state index in [1.165, 1.54) is 12.8 Å². The molecule has 5 heteroatoms. The molecule has 3 aliphatic heterocycles. The van der Waals surface area contributed by atoms with Crippen molar-refractivity contribution in [1.82, 2.24) is 15.1 Å². The Kier molecular flexibility index (Phi) is 3.73. The van der Waals surface area contributed by atoms with E-state index in [-0.39, 0.29) is 5.91 Å². The summed E-state index contributed by atoms with van der Waals surface area (Å²) in [6, 6.07) is 1.31. The number of fused-ring (bicyclic) bond motifs is 2. The van der Waals surface area contributed by atoms with E-state index in [2.05, 4.69) is 5.32 Å². The van der Waals surface area contributed by atoms with Crippen molar-refractivity contribution in [2.45, 2.75) is 44.2 Å². The first-order chi connectivity index (χ1) is 9.24. The number of rotatable bonds is 3. The summed E-state index contributed by atoms with van der Waals surface area (Å²) in [7, 11) is 0. The van der Waals surface area contributed by atoms with Gasteiger partial charge in [-0.2, -0.15) is 0 Å². The van der Waals surface area contributed by atoms with Crippen molar-refractivity contribution in [3.63, 3.8) is 0 Å². The lowest BCUT2D eigenvalue weighted by Gasteiger charge is -2.35. The molecule has 0 aromatic carbocycles. The van der Waals surface area contributed by atoms with Crippen LogP contribution in [0.3, 0.4) is 0 Å². The monoisotopic (exact) mass is 265 g/mol. The van der Waals surface area contributed by atoms with Crippen molar-refractivity contribution < 1.29 is 9.59 Å². The highest BCUT2D eigenvalue weighted by Gasteiger charge is 2.35. The van der Waals surface area contributed by atoms with Crippen LogP contribution in [0.1, 0.15) is 32.1 Å². The van der Waals surface area contributed by atoms with Gasteiger partial charge in [-0.25, -0.2) is 0 Å². The average Bonchev–Trinajstić information content (AvgIpc) is 2.78. The Balaban J connectivity index is 1.47. The Morgan fingerprint density at radius 3 is 2.32 bits per heavy atom. The maximum absolute atomic E-state index is 12.3. The lowest BCUT2D eigenvalue weighted by atomic mass is 9.89. The van der Waals surface area contributed by atoms with Crippen molar-refractivity contribution in [1.29, 1.82) is 0 Å². The Hall–Kier alpha value is -1.10. The highest BCUT2D eigenvalue weighted by Crippen LogP contribution is 2.33. The molecular weight excluding hydrogens is 242 g/mol. The SMILES string of the molecule is O=CN1CCN(C(=O)CC2CC3CCC(C2)N3)CC1. The first-order valence-corrected chi connectivity index (χ1v) is 7.48. The van der Waals surface area contributed by atoms with Crippen LogP contribution in [-0.4, -0.2) is 60.4 Å². The Bertz CT molecular complexity index is 341. The van der Waals surface area contributed by atoms with Crippen LogP contribution in [-0.2, 0) is 9.59 Å². The predicted octanol–water partition coefficient (Wildman–Crippen LogP) is 0.208. The third-order valence-corrected chi connectivity index (χ3v) is 4.85. The summed E-state index contributed by atoms with van der Waals surface area (Å²) in [6.07, 6.45) is 6.48. The second kappa shape index (κ2) is 5.49. The summed E-state index contributed by atoms with van der Waals surface area (Å²) in [6.45, 7) is 2.78. The number of hydrogen-bond donors (Lipinski definition) is 1. The molecule has 3 aliphatic rings. The normalized spacial score (nSPS) is 34.4. The van der Waals surface area contributed by atoms with Crippen molar-refractivity contribution >= 4 is 12.3 Å². The molecule has 2 unspecified atom stereocenters. The molecule has 3 fully saturated rings. The molecule has 1 N–H and O–H groups in total. The number of piperidine rings is 1. The largest absolute Gasteiger partial charge is 0.342 e. The van der Waals surface area contributed by atoms with Crippen LogP contribution in [0, 0.1) is 5.92 Å². The summed E-state index contributed by atoms with van der Waals surface area (Å²) in [5, 5.41) is 3.62. The fourth-order valence-electron chi connectivity index (χ4n) is 3.79. The van der Waals surface area contributed by atoms with Crippen LogP contribution >= 0.6 is 0 Å². The third-order valence-electron chi connectivity index (χ3n) is 4.85. The summed E-state index contributed by atoms with van der Waals surface area (Å²) >= 11 is 0. The Labute approximate surface area is 114 Å². The molecule has 3 heterocycles. The molecule has 5 nitrogen and oxygen atoms in total. The van der Waals surface area contributed by atoms with Crippen LogP contribution in [0.2, 0.25) is 0 Å². The zero-order chi connectivity index (χ0) is 13.2. The van der Waals surface area contributed by atoms with Crippen LogP contribution in [0.5, 0.6) is 0 Å². The standard InChI is InChI=1S/C14H23N3O2/c18-10-16-3-5-17(6-4-16)14(19)9-11-7-12-1-2-13(8-11)15-12/h10-13,15H,1-9H2. The molecule has 19 heavy (non-hydrogen) atoms. The van der Waals surface area contributed by atoms with Crippen molar-refractivity contribution in [3.8, 4) is 0 Å². The van der Waals surface area contributed by atoms with Gasteiger partial charge >= 0.3 is 0 Å². The molecule has 2 amide bonds. The second-order valence-electron chi connectivity index (χ2n) is 6.20. The summed E-state index contributed by atoms with van der Waals surface area (Å²) in [5.41, 5.74) is 0. The van der Waals surface area contributed by atoms with Gasteiger partial charge in [-0.1, -0.05) is 0 Å². The Morgan fingerprint density at radius 2 is 1.74 bits per heavy atom. The average molecular weight is 265 g/mol. The minimum atomic E-state index is 0.289. The minimum absolute atomic E-state index is 0.289. The molecule has 0 aromatic rings. The van der Waals surface area contributed by atoms with Crippen molar-refractivity contribution in [2.75, 3.05) is 26.2 Å². The first kappa shape index (κ1) is 12.9. The van der Waals surface area contributed by atoms with Gasteiger partial charge in [0.1, 0.15) is 0 Å². The number of nitrogens with zero attached hydrogens (tertiary/aromatic N) is 2.